The average molecular weight is 243 g/mol. The van der Waals surface area contributed by atoms with Gasteiger partial charge in [0.2, 0.25) is 0 Å². The van der Waals surface area contributed by atoms with Crippen LogP contribution >= 0.6 is 0 Å². The molecule has 1 aliphatic rings. The second kappa shape index (κ2) is 5.90. The first kappa shape index (κ1) is 12.9. The van der Waals surface area contributed by atoms with Crippen molar-refractivity contribution in [2.45, 2.75) is 19.4 Å². The number of likely N-dealkylation sites (N-methyl/N-ethyl adjacent to an activating group) is 1. The molecule has 1 aromatic rings. The summed E-state index contributed by atoms with van der Waals surface area (Å²) in [5.74, 6) is 5.90. The molecule has 0 saturated carbocycles. The van der Waals surface area contributed by atoms with Crippen LogP contribution < -0.4 is 16.0 Å². The first-order chi connectivity index (χ1) is 8.76. The van der Waals surface area contributed by atoms with Gasteiger partial charge in [0.1, 0.15) is 0 Å². The molecule has 0 bridgehead atoms. The molecule has 1 atom stereocenters. The third-order valence-corrected chi connectivity index (χ3v) is 3.48. The molecule has 0 spiro atoms. The number of nitrogens with zero attached hydrogens (tertiary/aromatic N) is 1. The Morgan fingerprint density at radius 1 is 1.50 bits per heavy atom. The van der Waals surface area contributed by atoms with Gasteiger partial charge in [-0.2, -0.15) is 0 Å². The number of hydrogen-bond donors (Lipinski definition) is 2. The highest BCUT2D eigenvalue weighted by Gasteiger charge is 2.17. The highest BCUT2D eigenvalue weighted by atomic mass is 15.1. The minimum absolute atomic E-state index is 0.196. The number of anilines is 1. The lowest BCUT2D eigenvalue weighted by molar-refractivity contribution is 0.581. The molecule has 96 valence electrons. The predicted molar refractivity (Wildman–Crippen MR) is 76.7 cm³/mol. The fourth-order valence-electron chi connectivity index (χ4n) is 2.40. The molecular formula is C15H21N3. The highest BCUT2D eigenvalue weighted by Crippen LogP contribution is 2.29. The Morgan fingerprint density at radius 2 is 2.33 bits per heavy atom. The van der Waals surface area contributed by atoms with Crippen molar-refractivity contribution in [3.8, 4) is 11.8 Å². The van der Waals surface area contributed by atoms with Gasteiger partial charge in [0.05, 0.1) is 6.54 Å². The summed E-state index contributed by atoms with van der Waals surface area (Å²) in [5, 5.41) is 3.38. The molecule has 1 aliphatic heterocycles. The lowest BCUT2D eigenvalue weighted by atomic mass is 10.0. The molecule has 1 heterocycles. The molecule has 3 heteroatoms. The molecule has 0 aromatic heterocycles. The summed E-state index contributed by atoms with van der Waals surface area (Å²) in [5.41, 5.74) is 9.88. The third kappa shape index (κ3) is 2.66. The van der Waals surface area contributed by atoms with Crippen molar-refractivity contribution in [1.29, 1.82) is 0 Å². The predicted octanol–water partition coefficient (Wildman–Crippen LogP) is 1.29. The first-order valence-electron chi connectivity index (χ1n) is 6.43. The van der Waals surface area contributed by atoms with Crippen molar-refractivity contribution < 1.29 is 0 Å². The summed E-state index contributed by atoms with van der Waals surface area (Å²) in [6, 6.07) is 6.85. The quantitative estimate of drug-likeness (QED) is 0.783. The van der Waals surface area contributed by atoms with Gasteiger partial charge >= 0.3 is 0 Å². The number of fused-ring (bicyclic) bond motifs is 1. The molecule has 1 aromatic carbocycles. The molecule has 0 amide bonds. The zero-order valence-corrected chi connectivity index (χ0v) is 11.2. The standard InChI is InChI=1S/C15H21N3/c1-3-4-8-17-14(11-16)12-5-6-15-13(10-12)7-9-18(15)2/h5-6,10,14,17H,7-9,11,16H2,1-2H3. The minimum Gasteiger partial charge on any atom is -0.374 e. The fourth-order valence-corrected chi connectivity index (χ4v) is 2.40. The molecule has 18 heavy (non-hydrogen) atoms. The zero-order valence-electron chi connectivity index (χ0n) is 11.2. The maximum absolute atomic E-state index is 5.84. The summed E-state index contributed by atoms with van der Waals surface area (Å²) in [6.07, 6.45) is 1.13. The van der Waals surface area contributed by atoms with E-state index in [1.165, 1.54) is 16.8 Å². The molecule has 0 aliphatic carbocycles. The van der Waals surface area contributed by atoms with Crippen molar-refractivity contribution in [3.63, 3.8) is 0 Å². The molecule has 0 radical (unpaired) electrons. The van der Waals surface area contributed by atoms with E-state index in [1.807, 2.05) is 6.92 Å². The number of hydrogen-bond acceptors (Lipinski definition) is 3. The van der Waals surface area contributed by atoms with Gasteiger partial charge in [-0.3, -0.25) is 5.32 Å². The molecule has 1 unspecified atom stereocenters. The summed E-state index contributed by atoms with van der Waals surface area (Å²) in [4.78, 5) is 2.30. The molecular weight excluding hydrogens is 222 g/mol. The topological polar surface area (TPSA) is 41.3 Å². The zero-order chi connectivity index (χ0) is 13.0. The van der Waals surface area contributed by atoms with Crippen molar-refractivity contribution in [2.75, 3.05) is 31.6 Å². The van der Waals surface area contributed by atoms with E-state index in [-0.39, 0.29) is 6.04 Å². The smallest absolute Gasteiger partial charge is 0.0581 e. The number of nitrogens with one attached hydrogen (secondary N) is 1. The maximum atomic E-state index is 5.84. The lowest BCUT2D eigenvalue weighted by Crippen LogP contribution is -2.28. The lowest BCUT2D eigenvalue weighted by Gasteiger charge is -2.18. The van der Waals surface area contributed by atoms with E-state index >= 15 is 0 Å². The number of benzene rings is 1. The van der Waals surface area contributed by atoms with E-state index in [0.29, 0.717) is 13.1 Å². The van der Waals surface area contributed by atoms with E-state index < -0.39 is 0 Å². The summed E-state index contributed by atoms with van der Waals surface area (Å²) >= 11 is 0. The fraction of sp³-hybridized carbons (Fsp3) is 0.467. The van der Waals surface area contributed by atoms with E-state index in [0.717, 1.165) is 13.0 Å². The number of nitrogens with two attached hydrogens (primary N) is 1. The Labute approximate surface area is 109 Å². The monoisotopic (exact) mass is 243 g/mol. The molecule has 0 saturated heterocycles. The Morgan fingerprint density at radius 3 is 3.06 bits per heavy atom. The first-order valence-corrected chi connectivity index (χ1v) is 6.43. The normalized spacial score (nSPS) is 14.9. The van der Waals surface area contributed by atoms with Crippen LogP contribution in [-0.4, -0.2) is 26.7 Å². The van der Waals surface area contributed by atoms with Crippen LogP contribution in [0.5, 0.6) is 0 Å². The Hall–Kier alpha value is -1.50. The summed E-state index contributed by atoms with van der Waals surface area (Å²) in [6.45, 7) is 4.25. The van der Waals surface area contributed by atoms with Crippen LogP contribution in [0.25, 0.3) is 0 Å². The van der Waals surface area contributed by atoms with Gasteiger partial charge < -0.3 is 10.6 Å². The summed E-state index contributed by atoms with van der Waals surface area (Å²) in [7, 11) is 2.14. The van der Waals surface area contributed by atoms with Crippen LogP contribution in [0.3, 0.4) is 0 Å². The van der Waals surface area contributed by atoms with Gasteiger partial charge in [-0.05, 0) is 30.5 Å². The van der Waals surface area contributed by atoms with Crippen molar-refractivity contribution in [2.24, 2.45) is 5.73 Å². The molecule has 3 N–H and O–H groups in total. The molecule has 2 rings (SSSR count). The maximum Gasteiger partial charge on any atom is 0.0581 e. The van der Waals surface area contributed by atoms with Crippen LogP contribution in [0.1, 0.15) is 24.1 Å². The Bertz CT molecular complexity index is 470. The van der Waals surface area contributed by atoms with Gasteiger partial charge in [-0.1, -0.05) is 18.1 Å². The van der Waals surface area contributed by atoms with E-state index in [1.54, 1.807) is 0 Å². The Kier molecular flexibility index (Phi) is 4.24. The highest BCUT2D eigenvalue weighted by molar-refractivity contribution is 5.58. The van der Waals surface area contributed by atoms with Crippen LogP contribution in [0.2, 0.25) is 0 Å². The average Bonchev–Trinajstić information content (AvgIpc) is 2.76. The van der Waals surface area contributed by atoms with Crippen LogP contribution in [-0.2, 0) is 6.42 Å². The van der Waals surface area contributed by atoms with Gasteiger partial charge in [0.25, 0.3) is 0 Å². The number of rotatable bonds is 4. The van der Waals surface area contributed by atoms with Crippen molar-refractivity contribution in [3.05, 3.63) is 29.3 Å². The third-order valence-electron chi connectivity index (χ3n) is 3.48. The van der Waals surface area contributed by atoms with Crippen LogP contribution in [0.4, 0.5) is 5.69 Å². The summed E-state index contributed by atoms with van der Waals surface area (Å²) < 4.78 is 0. The Balaban J connectivity index is 2.13. The van der Waals surface area contributed by atoms with E-state index in [2.05, 4.69) is 47.3 Å². The van der Waals surface area contributed by atoms with Gasteiger partial charge in [0, 0.05) is 31.9 Å². The van der Waals surface area contributed by atoms with Gasteiger partial charge in [-0.25, -0.2) is 0 Å². The molecule has 3 nitrogen and oxygen atoms in total. The van der Waals surface area contributed by atoms with Gasteiger partial charge in [0.15, 0.2) is 0 Å². The van der Waals surface area contributed by atoms with Crippen LogP contribution in [0.15, 0.2) is 18.2 Å². The van der Waals surface area contributed by atoms with Crippen LogP contribution in [0, 0.1) is 11.8 Å². The largest absolute Gasteiger partial charge is 0.374 e. The van der Waals surface area contributed by atoms with Gasteiger partial charge in [-0.15, -0.1) is 5.92 Å². The van der Waals surface area contributed by atoms with Crippen molar-refractivity contribution in [1.82, 2.24) is 5.32 Å². The molecule has 0 fully saturated rings. The van der Waals surface area contributed by atoms with Crippen molar-refractivity contribution >= 4 is 5.69 Å². The van der Waals surface area contributed by atoms with E-state index in [9.17, 15) is 0 Å². The second-order valence-corrected chi connectivity index (χ2v) is 4.66. The SMILES string of the molecule is CC#CCNC(CN)c1ccc2c(c1)CCN2C. The minimum atomic E-state index is 0.196. The second-order valence-electron chi connectivity index (χ2n) is 4.66. The van der Waals surface area contributed by atoms with E-state index in [4.69, 9.17) is 5.73 Å².